The monoisotopic (exact) mass is 458 g/mol. The Hall–Kier alpha value is -2.21. The molecule has 6 nitrogen and oxygen atoms in total. The molecular formula is C19H24F6N2O4. The molecule has 0 radical (unpaired) electrons. The summed E-state index contributed by atoms with van der Waals surface area (Å²) in [5.74, 6) is 0. The van der Waals surface area contributed by atoms with Gasteiger partial charge in [-0.15, -0.1) is 0 Å². The van der Waals surface area contributed by atoms with Gasteiger partial charge >= 0.3 is 18.4 Å². The number of piperazine rings is 1. The number of aliphatic hydroxyl groups excluding tert-OH is 1. The molecule has 31 heavy (non-hydrogen) atoms. The summed E-state index contributed by atoms with van der Waals surface area (Å²) in [7, 11) is 0. The molecule has 1 fully saturated rings. The van der Waals surface area contributed by atoms with Crippen molar-refractivity contribution in [2.24, 2.45) is 0 Å². The average molecular weight is 458 g/mol. The van der Waals surface area contributed by atoms with E-state index in [1.807, 2.05) is 0 Å². The summed E-state index contributed by atoms with van der Waals surface area (Å²) in [6.45, 7) is 5.02. The number of aliphatic hydroxyl groups is 2. The number of anilines is 1. The number of amides is 1. The number of carbonyl (C=O) groups is 1. The van der Waals surface area contributed by atoms with Crippen molar-refractivity contribution < 1.29 is 46.1 Å². The molecule has 0 saturated carbocycles. The third-order valence-corrected chi connectivity index (χ3v) is 4.78. The highest BCUT2D eigenvalue weighted by Crippen LogP contribution is 2.50. The van der Waals surface area contributed by atoms with Crippen molar-refractivity contribution in [2.75, 3.05) is 31.1 Å². The average Bonchev–Trinajstić information content (AvgIpc) is 2.63. The highest BCUT2D eigenvalue weighted by Gasteiger charge is 2.71. The molecule has 1 atom stereocenters. The number of ether oxygens (including phenoxy) is 1. The van der Waals surface area contributed by atoms with Crippen LogP contribution in [0, 0.1) is 0 Å². The summed E-state index contributed by atoms with van der Waals surface area (Å²) in [5.41, 5.74) is -6.88. The highest BCUT2D eigenvalue weighted by molar-refractivity contribution is 5.69. The first-order chi connectivity index (χ1) is 14.0. The highest BCUT2D eigenvalue weighted by atomic mass is 19.4. The van der Waals surface area contributed by atoms with Crippen LogP contribution in [-0.2, 0) is 10.3 Å². The standard InChI is InChI=1S/C19H24F6N2O4/c1-16(2,3)31-15(29)26-8-9-27(14(10-26)11-28)13-6-4-12(5-7-13)17(30,18(20,21)22)19(23,24)25/h4-7,14,28,30H,8-11H2,1-3H3/t14-/m1/s1. The molecule has 0 spiro atoms. The quantitative estimate of drug-likeness (QED) is 0.680. The molecule has 0 aromatic heterocycles. The van der Waals surface area contributed by atoms with Gasteiger partial charge in [-0.25, -0.2) is 4.79 Å². The number of alkyl halides is 6. The fourth-order valence-electron chi connectivity index (χ4n) is 3.23. The van der Waals surface area contributed by atoms with E-state index in [9.17, 15) is 41.4 Å². The Balaban J connectivity index is 2.24. The summed E-state index contributed by atoms with van der Waals surface area (Å²) < 4.78 is 83.5. The van der Waals surface area contributed by atoms with E-state index in [4.69, 9.17) is 4.74 Å². The maximum absolute atomic E-state index is 13.0. The molecule has 2 N–H and O–H groups in total. The van der Waals surface area contributed by atoms with Crippen LogP contribution in [0.15, 0.2) is 24.3 Å². The van der Waals surface area contributed by atoms with E-state index < -0.39 is 47.9 Å². The second-order valence-electron chi connectivity index (χ2n) is 8.21. The van der Waals surface area contributed by atoms with Crippen molar-refractivity contribution >= 4 is 11.8 Å². The van der Waals surface area contributed by atoms with Crippen LogP contribution in [0.2, 0.25) is 0 Å². The normalized spacial score (nSPS) is 18.9. The molecule has 1 aromatic carbocycles. The minimum atomic E-state index is -5.97. The number of carbonyl (C=O) groups excluding carboxylic acids is 1. The Kier molecular flexibility index (Phi) is 6.77. The molecule has 12 heteroatoms. The lowest BCUT2D eigenvalue weighted by atomic mass is 9.92. The van der Waals surface area contributed by atoms with Gasteiger partial charge in [-0.05, 0) is 32.9 Å². The minimum absolute atomic E-state index is 0.0439. The van der Waals surface area contributed by atoms with Crippen LogP contribution < -0.4 is 4.90 Å². The van der Waals surface area contributed by atoms with Gasteiger partial charge in [-0.1, -0.05) is 12.1 Å². The second-order valence-corrected chi connectivity index (χ2v) is 8.21. The van der Waals surface area contributed by atoms with Crippen molar-refractivity contribution in [2.45, 2.75) is 50.4 Å². The van der Waals surface area contributed by atoms with Crippen molar-refractivity contribution in [3.8, 4) is 0 Å². The number of benzene rings is 1. The Bertz CT molecular complexity index is 760. The van der Waals surface area contributed by atoms with Gasteiger partial charge in [-0.3, -0.25) is 0 Å². The van der Waals surface area contributed by atoms with Crippen LogP contribution >= 0.6 is 0 Å². The van der Waals surface area contributed by atoms with Gasteiger partial charge in [0, 0.05) is 30.9 Å². The van der Waals surface area contributed by atoms with Crippen LogP contribution in [0.4, 0.5) is 36.8 Å². The number of halogens is 6. The zero-order valence-corrected chi connectivity index (χ0v) is 17.1. The van der Waals surface area contributed by atoms with E-state index in [1.165, 1.54) is 4.90 Å². The predicted molar refractivity (Wildman–Crippen MR) is 98.5 cm³/mol. The maximum Gasteiger partial charge on any atom is 0.430 e. The van der Waals surface area contributed by atoms with Gasteiger partial charge in [0.05, 0.1) is 12.6 Å². The van der Waals surface area contributed by atoms with E-state index >= 15 is 0 Å². The van der Waals surface area contributed by atoms with Gasteiger partial charge < -0.3 is 24.7 Å². The molecule has 1 aliphatic rings. The van der Waals surface area contributed by atoms with Gasteiger partial charge in [0.25, 0.3) is 5.60 Å². The van der Waals surface area contributed by atoms with E-state index in [0.29, 0.717) is 12.1 Å². The molecule has 176 valence electrons. The lowest BCUT2D eigenvalue weighted by Gasteiger charge is -2.42. The number of hydrogen-bond acceptors (Lipinski definition) is 5. The number of nitrogens with zero attached hydrogens (tertiary/aromatic N) is 2. The molecule has 0 unspecified atom stereocenters. The first kappa shape index (κ1) is 25.1. The van der Waals surface area contributed by atoms with Gasteiger partial charge in [0.15, 0.2) is 0 Å². The Labute approximate surface area is 175 Å². The van der Waals surface area contributed by atoms with Crippen molar-refractivity contribution in [1.29, 1.82) is 0 Å². The topological polar surface area (TPSA) is 73.2 Å². The Morgan fingerprint density at radius 2 is 1.55 bits per heavy atom. The van der Waals surface area contributed by atoms with E-state index in [0.717, 1.165) is 12.1 Å². The van der Waals surface area contributed by atoms with E-state index in [2.05, 4.69) is 0 Å². The fraction of sp³-hybridized carbons (Fsp3) is 0.632. The van der Waals surface area contributed by atoms with Crippen molar-refractivity contribution in [1.82, 2.24) is 4.90 Å². The number of hydrogen-bond donors (Lipinski definition) is 2. The predicted octanol–water partition coefficient (Wildman–Crippen LogP) is 3.42. The molecule has 0 bridgehead atoms. The van der Waals surface area contributed by atoms with Crippen LogP contribution in [-0.4, -0.2) is 71.4 Å². The zero-order chi connectivity index (χ0) is 23.8. The van der Waals surface area contributed by atoms with Crippen LogP contribution in [0.25, 0.3) is 0 Å². The SMILES string of the molecule is CC(C)(C)OC(=O)N1CCN(c2ccc(C(O)(C(F)(F)F)C(F)(F)F)cc2)[C@@H](CO)C1. The van der Waals surface area contributed by atoms with Gasteiger partial charge in [0.1, 0.15) is 5.60 Å². The summed E-state index contributed by atoms with van der Waals surface area (Å²) in [5, 5.41) is 19.2. The largest absolute Gasteiger partial charge is 0.444 e. The molecule has 1 aliphatic heterocycles. The molecule has 2 rings (SSSR count). The minimum Gasteiger partial charge on any atom is -0.444 e. The lowest BCUT2D eigenvalue weighted by Crippen LogP contribution is -2.57. The molecule has 1 aromatic rings. The first-order valence-electron chi connectivity index (χ1n) is 9.33. The second kappa shape index (κ2) is 8.38. The third-order valence-electron chi connectivity index (χ3n) is 4.78. The van der Waals surface area contributed by atoms with Gasteiger partial charge in [-0.2, -0.15) is 26.3 Å². The summed E-state index contributed by atoms with van der Waals surface area (Å²) >= 11 is 0. The van der Waals surface area contributed by atoms with Crippen LogP contribution in [0.5, 0.6) is 0 Å². The van der Waals surface area contributed by atoms with Crippen molar-refractivity contribution in [3.05, 3.63) is 29.8 Å². The summed E-state index contributed by atoms with van der Waals surface area (Å²) in [4.78, 5) is 15.1. The number of rotatable bonds is 3. The molecular weight excluding hydrogens is 434 g/mol. The zero-order valence-electron chi connectivity index (χ0n) is 17.1. The lowest BCUT2D eigenvalue weighted by molar-refractivity contribution is -0.376. The molecule has 1 heterocycles. The van der Waals surface area contributed by atoms with Crippen LogP contribution in [0.1, 0.15) is 26.3 Å². The smallest absolute Gasteiger partial charge is 0.430 e. The summed E-state index contributed by atoms with van der Waals surface area (Å²) in [6.07, 6.45) is -12.5. The van der Waals surface area contributed by atoms with E-state index in [-0.39, 0.29) is 25.3 Å². The Morgan fingerprint density at radius 1 is 1.03 bits per heavy atom. The molecule has 1 amide bonds. The first-order valence-corrected chi connectivity index (χ1v) is 9.33. The van der Waals surface area contributed by atoms with Crippen LogP contribution in [0.3, 0.4) is 0 Å². The fourth-order valence-corrected chi connectivity index (χ4v) is 3.23. The van der Waals surface area contributed by atoms with E-state index in [1.54, 1.807) is 25.7 Å². The molecule has 1 saturated heterocycles. The Morgan fingerprint density at radius 3 is 1.97 bits per heavy atom. The summed E-state index contributed by atoms with van der Waals surface area (Å²) in [6, 6.07) is 2.44. The molecule has 0 aliphatic carbocycles. The third kappa shape index (κ3) is 5.17. The maximum atomic E-state index is 13.0. The van der Waals surface area contributed by atoms with Crippen molar-refractivity contribution in [3.63, 3.8) is 0 Å². The van der Waals surface area contributed by atoms with Gasteiger partial charge in [0.2, 0.25) is 0 Å².